The molecule has 7 heteroatoms. The lowest BCUT2D eigenvalue weighted by atomic mass is 9.98. The Labute approximate surface area is 168 Å². The van der Waals surface area contributed by atoms with Crippen molar-refractivity contribution in [1.82, 2.24) is 9.62 Å². The molecule has 6 nitrogen and oxygen atoms in total. The second kappa shape index (κ2) is 9.37. The Balaban J connectivity index is 2.15. The first-order valence-corrected chi connectivity index (χ1v) is 11.3. The van der Waals surface area contributed by atoms with E-state index in [-0.39, 0.29) is 18.0 Å². The van der Waals surface area contributed by atoms with Gasteiger partial charge in [0.05, 0.1) is 5.41 Å². The number of rotatable bonds is 9. The summed E-state index contributed by atoms with van der Waals surface area (Å²) in [5.74, 6) is -1.74. The highest BCUT2D eigenvalue weighted by Gasteiger charge is 2.38. The van der Waals surface area contributed by atoms with Gasteiger partial charge < -0.3 is 4.90 Å². The van der Waals surface area contributed by atoms with Crippen LogP contribution in [-0.2, 0) is 19.6 Å². The van der Waals surface area contributed by atoms with Crippen LogP contribution >= 0.6 is 0 Å². The van der Waals surface area contributed by atoms with Crippen molar-refractivity contribution in [3.8, 4) is 0 Å². The number of amides is 2. The van der Waals surface area contributed by atoms with Crippen LogP contribution in [0, 0.1) is 11.8 Å². The molecule has 2 amide bonds. The van der Waals surface area contributed by atoms with Crippen LogP contribution in [0.15, 0.2) is 35.7 Å². The molecule has 0 radical (unpaired) electrons. The highest BCUT2D eigenvalue weighted by atomic mass is 32.2. The number of benzene rings is 1. The number of nitrogens with zero attached hydrogens (tertiary/aromatic N) is 1. The molecule has 0 saturated heterocycles. The Hall–Kier alpha value is -2.15. The Morgan fingerprint density at radius 2 is 1.68 bits per heavy atom. The molecule has 1 atom stereocenters. The van der Waals surface area contributed by atoms with Gasteiger partial charge in [0.2, 0.25) is 11.8 Å². The lowest BCUT2D eigenvalue weighted by Gasteiger charge is -2.33. The molecule has 0 aromatic heterocycles. The topological polar surface area (TPSA) is 83.6 Å². The van der Waals surface area contributed by atoms with Gasteiger partial charge in [-0.25, -0.2) is 13.1 Å². The van der Waals surface area contributed by atoms with Gasteiger partial charge in [0, 0.05) is 12.1 Å². The fraction of sp³-hybridized carbons (Fsp3) is 0.524. The Morgan fingerprint density at radius 1 is 1.11 bits per heavy atom. The van der Waals surface area contributed by atoms with Crippen molar-refractivity contribution in [1.29, 1.82) is 0 Å². The van der Waals surface area contributed by atoms with Crippen LogP contribution in [0.4, 0.5) is 0 Å². The molecule has 0 aliphatic heterocycles. The zero-order valence-corrected chi connectivity index (χ0v) is 17.8. The van der Waals surface area contributed by atoms with Crippen molar-refractivity contribution >= 4 is 27.9 Å². The predicted molar refractivity (Wildman–Crippen MR) is 110 cm³/mol. The van der Waals surface area contributed by atoms with Crippen molar-refractivity contribution in [3.05, 3.63) is 41.3 Å². The minimum absolute atomic E-state index is 0.0726. The number of nitrogens with one attached hydrogen (secondary N) is 1. The maximum atomic E-state index is 13.0. The van der Waals surface area contributed by atoms with E-state index in [0.717, 1.165) is 18.2 Å². The van der Waals surface area contributed by atoms with E-state index in [9.17, 15) is 18.0 Å². The maximum Gasteiger partial charge on any atom is 0.257 e. The van der Waals surface area contributed by atoms with E-state index in [1.165, 1.54) is 6.08 Å². The molecule has 1 fully saturated rings. The molecule has 28 heavy (non-hydrogen) atoms. The highest BCUT2D eigenvalue weighted by Crippen LogP contribution is 2.36. The quantitative estimate of drug-likeness (QED) is 0.639. The van der Waals surface area contributed by atoms with Gasteiger partial charge in [0.15, 0.2) is 0 Å². The molecule has 154 valence electrons. The second-order valence-electron chi connectivity index (χ2n) is 7.89. The molecule has 1 aliphatic carbocycles. The molecule has 1 aliphatic rings. The van der Waals surface area contributed by atoms with Gasteiger partial charge in [0.25, 0.3) is 10.0 Å². The van der Waals surface area contributed by atoms with Crippen LogP contribution in [0.25, 0.3) is 6.08 Å². The smallest absolute Gasteiger partial charge is 0.257 e. The van der Waals surface area contributed by atoms with Crippen LogP contribution in [0.2, 0.25) is 0 Å². The summed E-state index contributed by atoms with van der Waals surface area (Å²) >= 11 is 0. The van der Waals surface area contributed by atoms with E-state index in [1.807, 2.05) is 33.8 Å². The third kappa shape index (κ3) is 6.48. The second-order valence-corrected chi connectivity index (χ2v) is 9.46. The van der Waals surface area contributed by atoms with Gasteiger partial charge in [-0.3, -0.25) is 9.59 Å². The fourth-order valence-corrected chi connectivity index (χ4v) is 4.10. The summed E-state index contributed by atoms with van der Waals surface area (Å²) < 4.78 is 26.7. The van der Waals surface area contributed by atoms with Gasteiger partial charge in [-0.05, 0) is 51.7 Å². The van der Waals surface area contributed by atoms with Gasteiger partial charge in [-0.1, -0.05) is 43.2 Å². The summed E-state index contributed by atoms with van der Waals surface area (Å²) in [5.41, 5.74) is 0.705. The highest BCUT2D eigenvalue weighted by molar-refractivity contribution is 7.93. The molecular weight excluding hydrogens is 376 g/mol. The molecule has 0 heterocycles. The molecular formula is C21H30N2O4S. The molecule has 2 rings (SSSR count). The summed E-state index contributed by atoms with van der Waals surface area (Å²) in [6.45, 7) is 7.57. The molecule has 0 bridgehead atoms. The lowest BCUT2D eigenvalue weighted by molar-refractivity contribution is -0.144. The minimum atomic E-state index is -3.99. The summed E-state index contributed by atoms with van der Waals surface area (Å²) in [6, 6.07) is 8.79. The largest absolute Gasteiger partial charge is 0.337 e. The first-order chi connectivity index (χ1) is 13.1. The monoisotopic (exact) mass is 406 g/mol. The van der Waals surface area contributed by atoms with E-state index in [2.05, 4.69) is 4.72 Å². The van der Waals surface area contributed by atoms with Crippen LogP contribution in [0.3, 0.4) is 0 Å². The van der Waals surface area contributed by atoms with E-state index in [4.69, 9.17) is 0 Å². The van der Waals surface area contributed by atoms with Gasteiger partial charge in [-0.2, -0.15) is 0 Å². The zero-order chi connectivity index (χ0) is 20.9. The van der Waals surface area contributed by atoms with Crippen LogP contribution in [0.1, 0.15) is 52.5 Å². The van der Waals surface area contributed by atoms with Crippen molar-refractivity contribution in [2.45, 2.75) is 59.0 Å². The van der Waals surface area contributed by atoms with Crippen LogP contribution < -0.4 is 4.72 Å². The van der Waals surface area contributed by atoms with Crippen molar-refractivity contribution in [2.75, 3.05) is 0 Å². The number of carbonyl (C=O) groups excluding carboxylic acids is 2. The van der Waals surface area contributed by atoms with Crippen molar-refractivity contribution in [3.63, 3.8) is 0 Å². The number of carbonyl (C=O) groups is 2. The number of sulfonamides is 1. The molecule has 1 aromatic carbocycles. The first-order valence-electron chi connectivity index (χ1n) is 9.72. The molecule has 1 N–H and O–H groups in total. The zero-order valence-electron chi connectivity index (χ0n) is 17.0. The summed E-state index contributed by atoms with van der Waals surface area (Å²) in [7, 11) is -3.99. The number of hydrogen-bond donors (Lipinski definition) is 1. The SMILES string of the molecule is CC(C)N(C(=O)C(CC1CC1)C(=O)NS(=O)(=O)/C=C/c1ccccc1)C(C)C. The molecule has 1 unspecified atom stereocenters. The molecule has 0 spiro atoms. The van der Waals surface area contributed by atoms with Crippen molar-refractivity contribution in [2.24, 2.45) is 11.8 Å². The van der Waals surface area contributed by atoms with Crippen LogP contribution in [-0.4, -0.2) is 37.2 Å². The van der Waals surface area contributed by atoms with Crippen LogP contribution in [0.5, 0.6) is 0 Å². The Kier molecular flexibility index (Phi) is 7.41. The number of hydrogen-bond acceptors (Lipinski definition) is 4. The average Bonchev–Trinajstić information content (AvgIpc) is 3.42. The van der Waals surface area contributed by atoms with Gasteiger partial charge in [0.1, 0.15) is 5.92 Å². The third-order valence-electron chi connectivity index (χ3n) is 4.73. The lowest BCUT2D eigenvalue weighted by Crippen LogP contribution is -2.50. The summed E-state index contributed by atoms with van der Waals surface area (Å²) in [6.07, 6.45) is 3.75. The standard InChI is InChI=1S/C21H30N2O4S/c1-15(2)23(16(3)4)21(25)19(14-18-10-11-18)20(24)22-28(26,27)13-12-17-8-6-5-7-9-17/h5-9,12-13,15-16,18-19H,10-11,14H2,1-4H3,(H,22,24)/b13-12+. The van der Waals surface area contributed by atoms with Gasteiger partial charge >= 0.3 is 0 Å². The molecule has 1 saturated carbocycles. The normalized spacial score (nSPS) is 15.8. The average molecular weight is 407 g/mol. The minimum Gasteiger partial charge on any atom is -0.337 e. The predicted octanol–water partition coefficient (Wildman–Crippen LogP) is 3.17. The summed E-state index contributed by atoms with van der Waals surface area (Å²) in [5, 5.41) is 0.960. The van der Waals surface area contributed by atoms with E-state index >= 15 is 0 Å². The Bertz CT molecular complexity index is 804. The van der Waals surface area contributed by atoms with E-state index < -0.39 is 21.8 Å². The van der Waals surface area contributed by atoms with E-state index in [0.29, 0.717) is 17.9 Å². The Morgan fingerprint density at radius 3 is 2.18 bits per heavy atom. The third-order valence-corrected chi connectivity index (χ3v) is 5.71. The van der Waals surface area contributed by atoms with E-state index in [1.54, 1.807) is 29.2 Å². The summed E-state index contributed by atoms with van der Waals surface area (Å²) in [4.78, 5) is 27.5. The van der Waals surface area contributed by atoms with Crippen molar-refractivity contribution < 1.29 is 18.0 Å². The van der Waals surface area contributed by atoms with Gasteiger partial charge in [-0.15, -0.1) is 0 Å². The maximum absolute atomic E-state index is 13.0. The molecule has 1 aromatic rings. The fourth-order valence-electron chi connectivity index (χ4n) is 3.27. The first kappa shape index (κ1) is 22.1.